The zero-order chi connectivity index (χ0) is 11.5. The summed E-state index contributed by atoms with van der Waals surface area (Å²) in [6.07, 6.45) is 3.56. The number of nitrogens with zero attached hydrogens (tertiary/aromatic N) is 2. The zero-order valence-electron chi connectivity index (χ0n) is 9.22. The molecule has 0 aromatic carbocycles. The minimum atomic E-state index is -0.541. The van der Waals surface area contributed by atoms with Crippen LogP contribution in [0.4, 0.5) is 4.79 Å². The largest absolute Gasteiger partial charge is 0.366 e. The Hall–Kier alpha value is -1.30. The van der Waals surface area contributed by atoms with Gasteiger partial charge in [-0.3, -0.25) is 0 Å². The Morgan fingerprint density at radius 3 is 2.44 bits per heavy atom. The summed E-state index contributed by atoms with van der Waals surface area (Å²) in [4.78, 5) is 29.5. The van der Waals surface area contributed by atoms with Crippen molar-refractivity contribution in [3.8, 4) is 0 Å². The maximum absolute atomic E-state index is 11.8. The van der Waals surface area contributed by atoms with Crippen molar-refractivity contribution in [1.29, 1.82) is 0 Å². The molecule has 6 heteroatoms. The molecule has 0 spiro atoms. The van der Waals surface area contributed by atoms with Crippen LogP contribution in [-0.2, 0) is 9.63 Å². The highest BCUT2D eigenvalue weighted by atomic mass is 16.7. The second kappa shape index (κ2) is 4.69. The molecule has 2 N–H and O–H groups in total. The SMILES string of the molecule is NC(=O)N1CCC[C@@H]1C(=O)ON1CCCC1. The number of rotatable bonds is 2. The van der Waals surface area contributed by atoms with Gasteiger partial charge in [-0.25, -0.2) is 9.59 Å². The van der Waals surface area contributed by atoms with E-state index >= 15 is 0 Å². The van der Waals surface area contributed by atoms with Crippen molar-refractivity contribution in [1.82, 2.24) is 9.96 Å². The molecule has 90 valence electrons. The van der Waals surface area contributed by atoms with Crippen LogP contribution in [0.2, 0.25) is 0 Å². The van der Waals surface area contributed by atoms with Crippen molar-refractivity contribution in [2.24, 2.45) is 5.73 Å². The number of primary amides is 1. The van der Waals surface area contributed by atoms with E-state index in [4.69, 9.17) is 10.6 Å². The molecule has 0 aliphatic carbocycles. The number of hydroxylamine groups is 2. The molecule has 2 aliphatic heterocycles. The molecule has 0 aromatic heterocycles. The van der Waals surface area contributed by atoms with Crippen molar-refractivity contribution in [2.75, 3.05) is 19.6 Å². The molecule has 2 aliphatic rings. The van der Waals surface area contributed by atoms with E-state index in [0.29, 0.717) is 13.0 Å². The molecule has 0 aromatic rings. The van der Waals surface area contributed by atoms with E-state index in [0.717, 1.165) is 32.4 Å². The number of urea groups is 1. The van der Waals surface area contributed by atoms with E-state index in [1.54, 1.807) is 5.06 Å². The number of hydrogen-bond acceptors (Lipinski definition) is 4. The van der Waals surface area contributed by atoms with Crippen LogP contribution < -0.4 is 5.73 Å². The smallest absolute Gasteiger partial charge is 0.347 e. The topological polar surface area (TPSA) is 75.9 Å². The maximum atomic E-state index is 11.8. The van der Waals surface area contributed by atoms with Crippen molar-refractivity contribution >= 4 is 12.0 Å². The van der Waals surface area contributed by atoms with E-state index in [1.165, 1.54) is 4.90 Å². The fourth-order valence-corrected chi connectivity index (χ4v) is 2.24. The van der Waals surface area contributed by atoms with E-state index in [1.807, 2.05) is 0 Å². The van der Waals surface area contributed by atoms with E-state index in [2.05, 4.69) is 0 Å². The molecule has 2 rings (SSSR count). The van der Waals surface area contributed by atoms with Crippen LogP contribution >= 0.6 is 0 Å². The Kier molecular flexibility index (Phi) is 3.28. The number of carbonyl (C=O) groups is 2. The van der Waals surface area contributed by atoms with Gasteiger partial charge in [-0.05, 0) is 25.7 Å². The number of nitrogens with two attached hydrogens (primary N) is 1. The van der Waals surface area contributed by atoms with Gasteiger partial charge in [0.1, 0.15) is 6.04 Å². The summed E-state index contributed by atoms with van der Waals surface area (Å²) in [5.41, 5.74) is 5.20. The fraction of sp³-hybridized carbons (Fsp3) is 0.800. The molecule has 6 nitrogen and oxygen atoms in total. The summed E-state index contributed by atoms with van der Waals surface area (Å²) in [5, 5.41) is 1.67. The summed E-state index contributed by atoms with van der Waals surface area (Å²) >= 11 is 0. The minimum absolute atomic E-state index is 0.349. The van der Waals surface area contributed by atoms with Crippen LogP contribution in [-0.4, -0.2) is 47.6 Å². The van der Waals surface area contributed by atoms with Gasteiger partial charge in [-0.15, -0.1) is 5.06 Å². The molecular weight excluding hydrogens is 210 g/mol. The average molecular weight is 227 g/mol. The Bertz CT molecular complexity index is 289. The second-order valence-corrected chi connectivity index (χ2v) is 4.24. The van der Waals surface area contributed by atoms with Crippen LogP contribution in [0.5, 0.6) is 0 Å². The van der Waals surface area contributed by atoms with Gasteiger partial charge in [0.15, 0.2) is 0 Å². The third-order valence-electron chi connectivity index (χ3n) is 3.09. The lowest BCUT2D eigenvalue weighted by atomic mass is 10.2. The Morgan fingerprint density at radius 2 is 1.81 bits per heavy atom. The van der Waals surface area contributed by atoms with Gasteiger partial charge in [0.25, 0.3) is 0 Å². The molecule has 0 bridgehead atoms. The third kappa shape index (κ3) is 2.27. The van der Waals surface area contributed by atoms with Crippen LogP contribution in [0.15, 0.2) is 0 Å². The second-order valence-electron chi connectivity index (χ2n) is 4.24. The molecule has 2 heterocycles. The van der Waals surface area contributed by atoms with Crippen LogP contribution in [0.25, 0.3) is 0 Å². The van der Waals surface area contributed by atoms with E-state index < -0.39 is 12.1 Å². The number of likely N-dealkylation sites (tertiary alicyclic amines) is 1. The predicted octanol–water partition coefficient (Wildman–Crippen LogP) is 0.0835. The third-order valence-corrected chi connectivity index (χ3v) is 3.09. The zero-order valence-corrected chi connectivity index (χ0v) is 9.22. The van der Waals surface area contributed by atoms with Crippen molar-refractivity contribution in [3.63, 3.8) is 0 Å². The molecule has 2 amide bonds. The summed E-state index contributed by atoms with van der Waals surface area (Å²) in [5.74, 6) is -0.349. The first-order valence-electron chi connectivity index (χ1n) is 5.71. The van der Waals surface area contributed by atoms with Crippen LogP contribution in [0, 0.1) is 0 Å². The normalized spacial score (nSPS) is 26.0. The lowest BCUT2D eigenvalue weighted by molar-refractivity contribution is -0.189. The lowest BCUT2D eigenvalue weighted by Crippen LogP contribution is -2.45. The number of carbonyl (C=O) groups excluding carboxylic acids is 2. The summed E-state index contributed by atoms with van der Waals surface area (Å²) < 4.78 is 0. The summed E-state index contributed by atoms with van der Waals surface area (Å²) in [7, 11) is 0. The average Bonchev–Trinajstić information content (AvgIpc) is 2.86. The standard InChI is InChI=1S/C10H17N3O3/c11-10(15)13-7-3-4-8(13)9(14)16-12-5-1-2-6-12/h8H,1-7H2,(H2,11,15)/t8-/m1/s1. The summed E-state index contributed by atoms with van der Waals surface area (Å²) in [6, 6.07) is -1.03. The van der Waals surface area contributed by atoms with Gasteiger partial charge < -0.3 is 15.5 Å². The highest BCUT2D eigenvalue weighted by Gasteiger charge is 2.35. The van der Waals surface area contributed by atoms with Gasteiger partial charge in [-0.2, -0.15) is 0 Å². The van der Waals surface area contributed by atoms with Gasteiger partial charge in [0.05, 0.1) is 0 Å². The molecule has 0 saturated carbocycles. The molecule has 2 saturated heterocycles. The Labute approximate surface area is 94.3 Å². The van der Waals surface area contributed by atoms with Crippen molar-refractivity contribution in [3.05, 3.63) is 0 Å². The number of amides is 2. The van der Waals surface area contributed by atoms with Crippen molar-refractivity contribution in [2.45, 2.75) is 31.7 Å². The first-order valence-corrected chi connectivity index (χ1v) is 5.71. The maximum Gasteiger partial charge on any atom is 0.347 e. The molecule has 2 fully saturated rings. The molecular formula is C10H17N3O3. The first-order chi connectivity index (χ1) is 7.68. The molecule has 1 atom stereocenters. The molecule has 0 radical (unpaired) electrons. The summed E-state index contributed by atoms with van der Waals surface area (Å²) in [6.45, 7) is 2.12. The monoisotopic (exact) mass is 227 g/mol. The van der Waals surface area contributed by atoms with Crippen molar-refractivity contribution < 1.29 is 14.4 Å². The highest BCUT2D eigenvalue weighted by Crippen LogP contribution is 2.19. The van der Waals surface area contributed by atoms with Gasteiger partial charge >= 0.3 is 12.0 Å². The van der Waals surface area contributed by atoms with Gasteiger partial charge in [0.2, 0.25) is 0 Å². The Balaban J connectivity index is 1.90. The van der Waals surface area contributed by atoms with E-state index in [9.17, 15) is 9.59 Å². The molecule has 16 heavy (non-hydrogen) atoms. The van der Waals surface area contributed by atoms with E-state index in [-0.39, 0.29) is 5.97 Å². The lowest BCUT2D eigenvalue weighted by Gasteiger charge is -2.23. The highest BCUT2D eigenvalue weighted by molar-refractivity contribution is 5.83. The van der Waals surface area contributed by atoms with Gasteiger partial charge in [0, 0.05) is 19.6 Å². The van der Waals surface area contributed by atoms with Crippen LogP contribution in [0.3, 0.4) is 0 Å². The Morgan fingerprint density at radius 1 is 1.12 bits per heavy atom. The molecule has 0 unspecified atom stereocenters. The first kappa shape index (κ1) is 11.2. The van der Waals surface area contributed by atoms with Crippen LogP contribution in [0.1, 0.15) is 25.7 Å². The fourth-order valence-electron chi connectivity index (χ4n) is 2.24. The minimum Gasteiger partial charge on any atom is -0.366 e. The van der Waals surface area contributed by atoms with Gasteiger partial charge in [-0.1, -0.05) is 0 Å². The quantitative estimate of drug-likeness (QED) is 0.725. The number of hydrogen-bond donors (Lipinski definition) is 1. The predicted molar refractivity (Wildman–Crippen MR) is 56.2 cm³/mol.